The highest BCUT2D eigenvalue weighted by atomic mass is 16.5. The van der Waals surface area contributed by atoms with Crippen LogP contribution in [0.2, 0.25) is 0 Å². The van der Waals surface area contributed by atoms with Gasteiger partial charge in [0.25, 0.3) is 0 Å². The van der Waals surface area contributed by atoms with E-state index >= 15 is 0 Å². The first-order valence-electron chi connectivity index (χ1n) is 7.11. The maximum absolute atomic E-state index is 11.5. The number of carbonyl (C=O) groups is 1. The third kappa shape index (κ3) is 3.95. The van der Waals surface area contributed by atoms with Gasteiger partial charge < -0.3 is 14.5 Å². The molecular formula is C17H21NO3. The minimum atomic E-state index is -0.452. The maximum Gasteiger partial charge on any atom is 0.373 e. The molecule has 2 aromatic rings. The fraction of sp³-hybridized carbons (Fsp3) is 0.353. The summed E-state index contributed by atoms with van der Waals surface area (Å²) in [6, 6.07) is 11.9. The second-order valence-electron chi connectivity index (χ2n) is 4.99. The number of rotatable bonds is 6. The summed E-state index contributed by atoms with van der Waals surface area (Å²) in [5.41, 5.74) is 2.47. The highest BCUT2D eigenvalue weighted by molar-refractivity contribution is 5.86. The van der Waals surface area contributed by atoms with E-state index < -0.39 is 5.97 Å². The number of hydrogen-bond donors (Lipinski definition) is 1. The topological polar surface area (TPSA) is 51.5 Å². The number of nitrogens with one attached hydrogen (secondary N) is 1. The van der Waals surface area contributed by atoms with Crippen molar-refractivity contribution >= 4 is 5.97 Å². The minimum Gasteiger partial charge on any atom is -0.463 e. The number of hydrogen-bond acceptors (Lipinski definition) is 4. The van der Waals surface area contributed by atoms with Gasteiger partial charge in [0, 0.05) is 0 Å². The highest BCUT2D eigenvalue weighted by Gasteiger charge is 2.18. The van der Waals surface area contributed by atoms with Crippen molar-refractivity contribution in [1.29, 1.82) is 0 Å². The normalized spacial score (nSPS) is 12.1. The van der Waals surface area contributed by atoms with E-state index in [1.165, 1.54) is 18.2 Å². The summed E-state index contributed by atoms with van der Waals surface area (Å²) >= 11 is 0. The van der Waals surface area contributed by atoms with Gasteiger partial charge >= 0.3 is 5.97 Å². The van der Waals surface area contributed by atoms with Crippen molar-refractivity contribution < 1.29 is 13.9 Å². The Morgan fingerprint density at radius 1 is 1.24 bits per heavy atom. The number of furan rings is 1. The molecule has 1 N–H and O–H groups in total. The Labute approximate surface area is 125 Å². The molecule has 4 heteroatoms. The second kappa shape index (κ2) is 7.09. The van der Waals surface area contributed by atoms with Crippen LogP contribution in [0.3, 0.4) is 0 Å². The van der Waals surface area contributed by atoms with Gasteiger partial charge in [-0.2, -0.15) is 0 Å². The molecule has 0 radical (unpaired) electrons. The molecule has 1 unspecified atom stereocenters. The number of aryl methyl sites for hydroxylation is 1. The summed E-state index contributed by atoms with van der Waals surface area (Å²) in [7, 11) is 1.35. The van der Waals surface area contributed by atoms with Gasteiger partial charge in [-0.25, -0.2) is 4.79 Å². The Balaban J connectivity index is 2.16. The van der Waals surface area contributed by atoms with Gasteiger partial charge in [0.2, 0.25) is 5.76 Å². The van der Waals surface area contributed by atoms with Gasteiger partial charge in [-0.3, -0.25) is 0 Å². The lowest BCUT2D eigenvalue weighted by Crippen LogP contribution is -2.22. The molecule has 1 aromatic heterocycles. The van der Waals surface area contributed by atoms with Gasteiger partial charge in [-0.15, -0.1) is 0 Å². The smallest absolute Gasteiger partial charge is 0.373 e. The van der Waals surface area contributed by atoms with E-state index in [0.717, 1.165) is 18.7 Å². The zero-order valence-corrected chi connectivity index (χ0v) is 12.7. The van der Waals surface area contributed by atoms with E-state index in [0.29, 0.717) is 0 Å². The molecule has 0 fully saturated rings. The molecule has 4 nitrogen and oxygen atoms in total. The lowest BCUT2D eigenvalue weighted by Gasteiger charge is -2.15. The molecular weight excluding hydrogens is 266 g/mol. The molecule has 1 aromatic carbocycles. The Hall–Kier alpha value is -2.07. The molecule has 0 amide bonds. The van der Waals surface area contributed by atoms with Gasteiger partial charge in [-0.1, -0.05) is 36.8 Å². The Morgan fingerprint density at radius 2 is 1.95 bits per heavy atom. The van der Waals surface area contributed by atoms with Crippen molar-refractivity contribution in [1.82, 2.24) is 5.32 Å². The van der Waals surface area contributed by atoms with Crippen LogP contribution >= 0.6 is 0 Å². The molecule has 21 heavy (non-hydrogen) atoms. The van der Waals surface area contributed by atoms with Crippen LogP contribution in [-0.2, 0) is 11.2 Å². The number of esters is 1. The standard InChI is InChI=1S/C17H21NO3/c1-4-18-14(11-13-7-5-12(2)6-8-13)15-9-10-16(21-15)17(19)20-3/h5-10,14,18H,4,11H2,1-3H3. The number of benzene rings is 1. The Bertz CT molecular complexity index is 586. The van der Waals surface area contributed by atoms with Crippen molar-refractivity contribution in [3.63, 3.8) is 0 Å². The largest absolute Gasteiger partial charge is 0.463 e. The average molecular weight is 287 g/mol. The summed E-state index contributed by atoms with van der Waals surface area (Å²) in [6.45, 7) is 4.94. The second-order valence-corrected chi connectivity index (χ2v) is 4.99. The number of ether oxygens (including phenoxy) is 1. The highest BCUT2D eigenvalue weighted by Crippen LogP contribution is 2.21. The van der Waals surface area contributed by atoms with Crippen molar-refractivity contribution in [3.05, 3.63) is 59.0 Å². The number of carbonyl (C=O) groups excluding carboxylic acids is 1. The van der Waals surface area contributed by atoms with E-state index in [2.05, 4.69) is 41.2 Å². The first-order chi connectivity index (χ1) is 10.1. The van der Waals surface area contributed by atoms with Crippen LogP contribution in [0.4, 0.5) is 0 Å². The van der Waals surface area contributed by atoms with Crippen LogP contribution in [0.5, 0.6) is 0 Å². The molecule has 1 atom stereocenters. The van der Waals surface area contributed by atoms with Crippen molar-refractivity contribution in [2.75, 3.05) is 13.7 Å². The predicted molar refractivity (Wildman–Crippen MR) is 81.3 cm³/mol. The molecule has 0 saturated carbocycles. The summed E-state index contributed by atoms with van der Waals surface area (Å²) in [5, 5.41) is 3.39. The number of likely N-dealkylation sites (N-methyl/N-ethyl adjacent to an activating group) is 1. The third-order valence-corrected chi connectivity index (χ3v) is 3.37. The predicted octanol–water partition coefficient (Wildman–Crippen LogP) is 3.27. The zero-order chi connectivity index (χ0) is 15.2. The van der Waals surface area contributed by atoms with E-state index in [9.17, 15) is 4.79 Å². The van der Waals surface area contributed by atoms with E-state index in [1.807, 2.05) is 13.0 Å². The van der Waals surface area contributed by atoms with E-state index in [-0.39, 0.29) is 11.8 Å². The van der Waals surface area contributed by atoms with Crippen LogP contribution < -0.4 is 5.32 Å². The van der Waals surface area contributed by atoms with Crippen LogP contribution in [0.25, 0.3) is 0 Å². The lowest BCUT2D eigenvalue weighted by molar-refractivity contribution is 0.0562. The van der Waals surface area contributed by atoms with E-state index in [1.54, 1.807) is 6.07 Å². The van der Waals surface area contributed by atoms with Crippen molar-refractivity contribution in [3.8, 4) is 0 Å². The molecule has 112 valence electrons. The molecule has 0 aliphatic rings. The van der Waals surface area contributed by atoms with Gasteiger partial charge in [0.15, 0.2) is 0 Å². The summed E-state index contributed by atoms with van der Waals surface area (Å²) < 4.78 is 10.3. The SMILES string of the molecule is CCNC(Cc1ccc(C)cc1)c1ccc(C(=O)OC)o1. The fourth-order valence-electron chi connectivity index (χ4n) is 2.23. The average Bonchev–Trinajstić information content (AvgIpc) is 2.98. The molecule has 0 bridgehead atoms. The van der Waals surface area contributed by atoms with Crippen LogP contribution in [0, 0.1) is 6.92 Å². The van der Waals surface area contributed by atoms with Gasteiger partial charge in [0.1, 0.15) is 5.76 Å². The van der Waals surface area contributed by atoms with Gasteiger partial charge in [-0.05, 0) is 37.6 Å². The molecule has 0 aliphatic carbocycles. The molecule has 1 heterocycles. The molecule has 0 spiro atoms. The first kappa shape index (κ1) is 15.3. The quantitative estimate of drug-likeness (QED) is 0.828. The summed E-state index contributed by atoms with van der Waals surface area (Å²) in [4.78, 5) is 11.5. The van der Waals surface area contributed by atoms with Crippen molar-refractivity contribution in [2.24, 2.45) is 0 Å². The van der Waals surface area contributed by atoms with Crippen LogP contribution in [0.1, 0.15) is 40.4 Å². The summed E-state index contributed by atoms with van der Waals surface area (Å²) in [6.07, 6.45) is 0.808. The Morgan fingerprint density at radius 3 is 2.57 bits per heavy atom. The van der Waals surface area contributed by atoms with Crippen molar-refractivity contribution in [2.45, 2.75) is 26.3 Å². The van der Waals surface area contributed by atoms with Gasteiger partial charge in [0.05, 0.1) is 13.2 Å². The first-order valence-corrected chi connectivity index (χ1v) is 7.11. The zero-order valence-electron chi connectivity index (χ0n) is 12.7. The van der Waals surface area contributed by atoms with Crippen LogP contribution in [-0.4, -0.2) is 19.6 Å². The molecule has 0 aliphatic heterocycles. The maximum atomic E-state index is 11.5. The lowest BCUT2D eigenvalue weighted by atomic mass is 10.0. The monoisotopic (exact) mass is 287 g/mol. The minimum absolute atomic E-state index is 0.0381. The third-order valence-electron chi connectivity index (χ3n) is 3.37. The Kier molecular flexibility index (Phi) is 5.17. The van der Waals surface area contributed by atoms with Crippen LogP contribution in [0.15, 0.2) is 40.8 Å². The molecule has 2 rings (SSSR count). The summed E-state index contributed by atoms with van der Waals surface area (Å²) in [5.74, 6) is 0.531. The fourth-order valence-corrected chi connectivity index (χ4v) is 2.23. The van der Waals surface area contributed by atoms with E-state index in [4.69, 9.17) is 4.42 Å². The number of methoxy groups -OCH3 is 1. The molecule has 0 saturated heterocycles.